The maximum Gasteiger partial charge on any atom is 0.259 e. The molecule has 2 aromatic heterocycles. The van der Waals surface area contributed by atoms with Crippen molar-refractivity contribution in [1.82, 2.24) is 24.6 Å². The Bertz CT molecular complexity index is 1820. The number of benzene rings is 2. The molecule has 1 N–H and O–H groups in total. The second-order valence-electron chi connectivity index (χ2n) is 12.0. The van der Waals surface area contributed by atoms with Gasteiger partial charge in [-0.05, 0) is 47.6 Å². The van der Waals surface area contributed by atoms with Crippen LogP contribution >= 0.6 is 0 Å². The number of fused-ring (bicyclic) bond motifs is 1. The summed E-state index contributed by atoms with van der Waals surface area (Å²) >= 11 is 0. The van der Waals surface area contributed by atoms with Gasteiger partial charge in [0.2, 0.25) is 11.7 Å². The van der Waals surface area contributed by atoms with Crippen molar-refractivity contribution in [3.8, 4) is 11.1 Å². The van der Waals surface area contributed by atoms with Crippen molar-refractivity contribution in [1.29, 1.82) is 0 Å². The van der Waals surface area contributed by atoms with E-state index in [1.165, 1.54) is 6.33 Å². The Morgan fingerprint density at radius 3 is 2.52 bits per heavy atom. The minimum Gasteiger partial charge on any atom is -0.346 e. The molecule has 2 aliphatic heterocycles. The summed E-state index contributed by atoms with van der Waals surface area (Å²) in [5.41, 5.74) is 9.69. The first kappa shape index (κ1) is 28.4. The smallest absolute Gasteiger partial charge is 0.259 e. The second-order valence-corrected chi connectivity index (χ2v) is 12.0. The maximum atomic E-state index is 14.5. The quantitative estimate of drug-likeness (QED) is 0.310. The minimum atomic E-state index is -0.605. The zero-order valence-corrected chi connectivity index (χ0v) is 24.9. The van der Waals surface area contributed by atoms with E-state index in [-0.39, 0.29) is 23.9 Å². The highest BCUT2D eigenvalue weighted by Gasteiger charge is 2.41. The number of hydrogen-bond acceptors (Lipinski definition) is 7. The number of hydrogen-bond donors (Lipinski definition) is 1. The molecule has 1 saturated heterocycles. The third-order valence-corrected chi connectivity index (χ3v) is 8.98. The molecular weight excluding hydrogens is 556 g/mol. The summed E-state index contributed by atoms with van der Waals surface area (Å²) in [5, 5.41) is 8.93. The van der Waals surface area contributed by atoms with Gasteiger partial charge in [0, 0.05) is 36.4 Å². The predicted molar refractivity (Wildman–Crippen MR) is 167 cm³/mol. The summed E-state index contributed by atoms with van der Waals surface area (Å²) in [6.45, 7) is 7.10. The van der Waals surface area contributed by atoms with E-state index in [1.807, 2.05) is 39.4 Å². The van der Waals surface area contributed by atoms with Crippen molar-refractivity contribution in [2.24, 2.45) is 5.10 Å². The van der Waals surface area contributed by atoms with E-state index in [4.69, 9.17) is 9.47 Å². The van der Waals surface area contributed by atoms with Crippen molar-refractivity contribution in [3.63, 3.8) is 0 Å². The highest BCUT2D eigenvalue weighted by Crippen LogP contribution is 2.40. The van der Waals surface area contributed by atoms with Gasteiger partial charge < -0.3 is 9.47 Å². The van der Waals surface area contributed by atoms with Gasteiger partial charge in [0.05, 0.1) is 31.0 Å². The lowest BCUT2D eigenvalue weighted by molar-refractivity contribution is -0.266. The molecule has 1 spiro atoms. The topological polar surface area (TPSA) is 112 Å². The monoisotopic (exact) mass is 592 g/mol. The Morgan fingerprint density at radius 2 is 1.82 bits per heavy atom. The number of rotatable bonds is 7. The molecule has 226 valence electrons. The Balaban J connectivity index is 1.28. The molecule has 4 aromatic rings. The van der Waals surface area contributed by atoms with Crippen molar-refractivity contribution in [2.45, 2.75) is 70.1 Å². The molecule has 2 aromatic carbocycles. The van der Waals surface area contributed by atoms with Crippen LogP contribution in [0.2, 0.25) is 0 Å². The van der Waals surface area contributed by atoms with Gasteiger partial charge in [0.25, 0.3) is 5.56 Å². The number of ether oxygens (including phenoxy) is 2. The van der Waals surface area contributed by atoms with E-state index in [9.17, 15) is 9.59 Å². The second kappa shape index (κ2) is 11.6. The summed E-state index contributed by atoms with van der Waals surface area (Å²) in [5.74, 6) is -0.156. The molecule has 4 heterocycles. The molecule has 0 radical (unpaired) electrons. The lowest BCUT2D eigenvalue weighted by Crippen LogP contribution is -2.45. The van der Waals surface area contributed by atoms with Crippen LogP contribution < -0.4 is 11.0 Å². The van der Waals surface area contributed by atoms with Gasteiger partial charge in [-0.25, -0.2) is 9.94 Å². The van der Waals surface area contributed by atoms with Gasteiger partial charge in [-0.1, -0.05) is 62.4 Å². The number of aryl methyl sites for hydroxylation is 1. The molecule has 0 atom stereocenters. The summed E-state index contributed by atoms with van der Waals surface area (Å²) in [7, 11) is 0. The first-order valence-electron chi connectivity index (χ1n) is 15.4. The predicted octanol–water partition coefficient (Wildman–Crippen LogP) is 4.74. The summed E-state index contributed by atoms with van der Waals surface area (Å²) in [6.07, 6.45) is 6.60. The molecular formula is C34H36N6O4. The average Bonchev–Trinajstić information content (AvgIpc) is 3.71. The van der Waals surface area contributed by atoms with Crippen LogP contribution in [0.4, 0.5) is 0 Å². The number of aromatic nitrogens is 4. The summed E-state index contributed by atoms with van der Waals surface area (Å²) < 4.78 is 15.9. The first-order valence-corrected chi connectivity index (χ1v) is 15.4. The first-order chi connectivity index (χ1) is 21.4. The number of nitrogens with zero attached hydrogens (tertiary/aromatic N) is 5. The Hall–Kier alpha value is -4.41. The Kier molecular flexibility index (Phi) is 7.47. The number of hydrazone groups is 1. The van der Waals surface area contributed by atoms with Crippen LogP contribution in [0.15, 0.2) is 76.9 Å². The third kappa shape index (κ3) is 5.18. The van der Waals surface area contributed by atoms with E-state index in [2.05, 4.69) is 52.3 Å². The van der Waals surface area contributed by atoms with Gasteiger partial charge in [-0.2, -0.15) is 15.2 Å². The highest BCUT2D eigenvalue weighted by atomic mass is 16.7. The van der Waals surface area contributed by atoms with E-state index < -0.39 is 5.79 Å². The number of nitrogens with one attached hydrogen (secondary N) is 1. The van der Waals surface area contributed by atoms with Crippen LogP contribution in [0.5, 0.6) is 0 Å². The number of carbonyl (C=O) groups excluding carboxylic acids is 1. The highest BCUT2D eigenvalue weighted by molar-refractivity contribution is 6.16. The largest absolute Gasteiger partial charge is 0.346 e. The van der Waals surface area contributed by atoms with Gasteiger partial charge in [0.1, 0.15) is 6.33 Å². The van der Waals surface area contributed by atoms with Gasteiger partial charge in [0.15, 0.2) is 5.79 Å². The van der Waals surface area contributed by atoms with Crippen molar-refractivity contribution < 1.29 is 14.3 Å². The van der Waals surface area contributed by atoms with Crippen LogP contribution in [0.3, 0.4) is 0 Å². The lowest BCUT2D eigenvalue weighted by atomic mass is 9.88. The fourth-order valence-electron chi connectivity index (χ4n) is 6.75. The third-order valence-electron chi connectivity index (χ3n) is 8.98. The SMILES string of the molecule is C=C1COC2(CCC(n3c(=O)c(Cc4ccc(-c5ccccc5)c(C5=NNC(=O)C5)c4)c(CCC)n4ncnc34)CC2)OC1. The normalized spacial score (nSPS) is 18.6. The fourth-order valence-corrected chi connectivity index (χ4v) is 6.75. The fraction of sp³-hybridized carbons (Fsp3) is 0.382. The summed E-state index contributed by atoms with van der Waals surface area (Å²) in [6, 6.07) is 16.2. The Morgan fingerprint density at radius 1 is 1.05 bits per heavy atom. The van der Waals surface area contributed by atoms with Crippen molar-refractivity contribution in [3.05, 3.63) is 99.7 Å². The molecule has 10 heteroatoms. The molecule has 3 aliphatic rings. The van der Waals surface area contributed by atoms with E-state index >= 15 is 0 Å². The van der Waals surface area contributed by atoms with Crippen LogP contribution in [0.1, 0.15) is 73.9 Å². The van der Waals surface area contributed by atoms with Crippen LogP contribution in [0.25, 0.3) is 16.9 Å². The number of amides is 1. The molecule has 1 aliphatic carbocycles. The van der Waals surface area contributed by atoms with Crippen LogP contribution in [-0.4, -0.2) is 49.8 Å². The van der Waals surface area contributed by atoms with Gasteiger partial charge >= 0.3 is 0 Å². The number of carbonyl (C=O) groups is 1. The summed E-state index contributed by atoms with van der Waals surface area (Å²) in [4.78, 5) is 31.2. The zero-order valence-electron chi connectivity index (χ0n) is 24.9. The van der Waals surface area contributed by atoms with E-state index in [0.29, 0.717) is 55.9 Å². The van der Waals surface area contributed by atoms with Crippen molar-refractivity contribution in [2.75, 3.05) is 13.2 Å². The molecule has 0 bridgehead atoms. The molecule has 1 saturated carbocycles. The Labute approximate surface area is 255 Å². The molecule has 2 fully saturated rings. The maximum absolute atomic E-state index is 14.5. The molecule has 44 heavy (non-hydrogen) atoms. The lowest BCUT2D eigenvalue weighted by Gasteiger charge is -2.43. The van der Waals surface area contributed by atoms with Crippen LogP contribution in [0, 0.1) is 0 Å². The van der Waals surface area contributed by atoms with Gasteiger partial charge in [-0.3, -0.25) is 14.2 Å². The molecule has 1 amide bonds. The average molecular weight is 593 g/mol. The van der Waals surface area contributed by atoms with Gasteiger partial charge in [-0.15, -0.1) is 0 Å². The van der Waals surface area contributed by atoms with E-state index in [1.54, 1.807) is 0 Å². The zero-order chi connectivity index (χ0) is 30.3. The minimum absolute atomic E-state index is 0.0301. The van der Waals surface area contributed by atoms with Crippen molar-refractivity contribution >= 4 is 17.4 Å². The molecule has 0 unspecified atom stereocenters. The molecule has 7 rings (SSSR count). The van der Waals surface area contributed by atoms with E-state index in [0.717, 1.165) is 52.8 Å². The molecule has 10 nitrogen and oxygen atoms in total. The van der Waals surface area contributed by atoms with Crippen LogP contribution in [-0.2, 0) is 27.1 Å². The standard InChI is InChI=1S/C34H36N6O4/c1-3-7-30-28(17-23-10-11-26(24-8-5-4-6-9-24)27(16-23)29-18-31(41)38-37-29)32(42)39(33-35-21-36-40(30)33)25-12-14-34(15-13-25)43-19-22(2)20-44-34/h4-6,8-11,16,21,25H,2-3,7,12-15,17-20H2,1H3,(H,38,41).